The lowest BCUT2D eigenvalue weighted by molar-refractivity contribution is -0.111. The number of rotatable bonds is 6. The molecule has 0 radical (unpaired) electrons. The number of Topliss-reactive ketones (excluding diaryl/α,β-unsaturated/α-hetero) is 1. The van der Waals surface area contributed by atoms with Crippen molar-refractivity contribution in [1.29, 1.82) is 0 Å². The monoisotopic (exact) mass is 349 g/mol. The second kappa shape index (κ2) is 7.65. The Morgan fingerprint density at radius 2 is 1.96 bits per heavy atom. The van der Waals surface area contributed by atoms with Crippen molar-refractivity contribution < 1.29 is 14.0 Å². The molecule has 6 nitrogen and oxygen atoms in total. The zero-order valence-electron chi connectivity index (χ0n) is 14.6. The first kappa shape index (κ1) is 17.4. The van der Waals surface area contributed by atoms with Gasteiger partial charge in [0.15, 0.2) is 11.5 Å². The second-order valence-corrected chi connectivity index (χ2v) is 5.98. The lowest BCUT2D eigenvalue weighted by Gasteiger charge is -1.99. The van der Waals surface area contributed by atoms with Crippen LogP contribution in [0, 0.1) is 6.92 Å². The number of ketones is 1. The van der Waals surface area contributed by atoms with Crippen LogP contribution < -0.4 is 5.32 Å². The van der Waals surface area contributed by atoms with E-state index in [1.54, 1.807) is 35.3 Å². The molecule has 0 spiro atoms. The van der Waals surface area contributed by atoms with Gasteiger partial charge < -0.3 is 9.73 Å². The summed E-state index contributed by atoms with van der Waals surface area (Å²) in [4.78, 5) is 23.3. The van der Waals surface area contributed by atoms with E-state index < -0.39 is 0 Å². The highest BCUT2D eigenvalue weighted by molar-refractivity contribution is 6.01. The van der Waals surface area contributed by atoms with E-state index >= 15 is 0 Å². The van der Waals surface area contributed by atoms with Gasteiger partial charge in [-0.05, 0) is 30.7 Å². The molecule has 0 saturated heterocycles. The van der Waals surface area contributed by atoms with Crippen LogP contribution in [-0.4, -0.2) is 21.5 Å². The van der Waals surface area contributed by atoms with Crippen LogP contribution in [0.1, 0.15) is 34.4 Å². The minimum Gasteiger partial charge on any atom is -0.456 e. The predicted molar refractivity (Wildman–Crippen MR) is 98.9 cm³/mol. The minimum absolute atomic E-state index is 0.120. The maximum absolute atomic E-state index is 12.0. The Kier molecular flexibility index (Phi) is 5.12. The molecule has 0 saturated carbocycles. The molecule has 0 aliphatic heterocycles. The lowest BCUT2D eigenvalue weighted by atomic mass is 10.1. The number of furan rings is 1. The number of carbonyl (C=O) groups excluding carboxylic acids is 2. The second-order valence-electron chi connectivity index (χ2n) is 5.98. The van der Waals surface area contributed by atoms with Crippen LogP contribution in [0.4, 0.5) is 5.69 Å². The van der Waals surface area contributed by atoms with Crippen molar-refractivity contribution in [3.8, 4) is 0 Å². The summed E-state index contributed by atoms with van der Waals surface area (Å²) in [7, 11) is 0. The molecule has 1 N–H and O–H groups in total. The van der Waals surface area contributed by atoms with Crippen LogP contribution in [-0.2, 0) is 11.3 Å². The summed E-state index contributed by atoms with van der Waals surface area (Å²) in [6, 6.07) is 11.3. The highest BCUT2D eigenvalue weighted by Crippen LogP contribution is 2.12. The maximum atomic E-state index is 12.0. The molecule has 6 heteroatoms. The van der Waals surface area contributed by atoms with Crippen LogP contribution >= 0.6 is 0 Å². The number of amides is 1. The zero-order chi connectivity index (χ0) is 18.5. The summed E-state index contributed by atoms with van der Waals surface area (Å²) < 4.78 is 7.05. The third-order valence-electron chi connectivity index (χ3n) is 3.73. The molecule has 132 valence electrons. The van der Waals surface area contributed by atoms with Gasteiger partial charge in [-0.2, -0.15) is 5.10 Å². The summed E-state index contributed by atoms with van der Waals surface area (Å²) in [5, 5.41) is 6.94. The molecule has 0 bridgehead atoms. The third-order valence-corrected chi connectivity index (χ3v) is 3.73. The van der Waals surface area contributed by atoms with Gasteiger partial charge in [-0.25, -0.2) is 0 Å². The van der Waals surface area contributed by atoms with E-state index in [1.165, 1.54) is 18.6 Å². The summed E-state index contributed by atoms with van der Waals surface area (Å²) in [6.45, 7) is 3.85. The number of nitrogens with one attached hydrogen (secondary N) is 1. The van der Waals surface area contributed by atoms with Gasteiger partial charge in [-0.1, -0.05) is 29.8 Å². The van der Waals surface area contributed by atoms with Gasteiger partial charge >= 0.3 is 0 Å². The fourth-order valence-corrected chi connectivity index (χ4v) is 2.36. The number of aromatic nitrogens is 2. The molecular formula is C20H19N3O3. The van der Waals surface area contributed by atoms with Crippen LogP contribution in [0.25, 0.3) is 6.08 Å². The SMILES string of the molecule is CC(=O)c1ccc(Cn2cc(NC(=O)C=Cc3ccc(C)cc3)cn2)o1. The molecule has 0 atom stereocenters. The quantitative estimate of drug-likeness (QED) is 0.544. The molecule has 2 aromatic heterocycles. The van der Waals surface area contributed by atoms with E-state index in [0.717, 1.165) is 5.56 Å². The highest BCUT2D eigenvalue weighted by atomic mass is 16.3. The van der Waals surface area contributed by atoms with E-state index in [-0.39, 0.29) is 11.7 Å². The van der Waals surface area contributed by atoms with Crippen molar-refractivity contribution in [2.75, 3.05) is 5.32 Å². The van der Waals surface area contributed by atoms with Crippen molar-refractivity contribution in [2.45, 2.75) is 20.4 Å². The molecule has 1 amide bonds. The Morgan fingerprint density at radius 1 is 1.19 bits per heavy atom. The van der Waals surface area contributed by atoms with Crippen molar-refractivity contribution in [3.63, 3.8) is 0 Å². The number of carbonyl (C=O) groups is 2. The Morgan fingerprint density at radius 3 is 2.65 bits per heavy atom. The fourth-order valence-electron chi connectivity index (χ4n) is 2.36. The number of hydrogen-bond donors (Lipinski definition) is 1. The Labute approximate surface area is 151 Å². The van der Waals surface area contributed by atoms with E-state index in [9.17, 15) is 9.59 Å². The first-order chi connectivity index (χ1) is 12.5. The van der Waals surface area contributed by atoms with Crippen LogP contribution in [0.3, 0.4) is 0 Å². The van der Waals surface area contributed by atoms with Gasteiger partial charge in [-0.15, -0.1) is 0 Å². The summed E-state index contributed by atoms with van der Waals surface area (Å²) in [5.41, 5.74) is 2.72. The summed E-state index contributed by atoms with van der Waals surface area (Å²) in [5.74, 6) is 0.587. The van der Waals surface area contributed by atoms with Gasteiger partial charge in [0.25, 0.3) is 0 Å². The van der Waals surface area contributed by atoms with Gasteiger partial charge in [0, 0.05) is 19.2 Å². The minimum atomic E-state index is -0.234. The van der Waals surface area contributed by atoms with Gasteiger partial charge in [0.2, 0.25) is 5.91 Å². The van der Waals surface area contributed by atoms with Crippen LogP contribution in [0.5, 0.6) is 0 Å². The number of nitrogens with zero attached hydrogens (tertiary/aromatic N) is 2. The van der Waals surface area contributed by atoms with Gasteiger partial charge in [-0.3, -0.25) is 14.3 Å². The van der Waals surface area contributed by atoms with Gasteiger partial charge in [0.05, 0.1) is 18.4 Å². The molecule has 2 heterocycles. The number of anilines is 1. The average molecular weight is 349 g/mol. The maximum Gasteiger partial charge on any atom is 0.248 e. The highest BCUT2D eigenvalue weighted by Gasteiger charge is 2.08. The molecule has 0 fully saturated rings. The Hall–Kier alpha value is -3.41. The van der Waals surface area contributed by atoms with E-state index in [2.05, 4.69) is 10.4 Å². The van der Waals surface area contributed by atoms with Crippen molar-refractivity contribution >= 4 is 23.5 Å². The molecule has 0 aliphatic rings. The van der Waals surface area contributed by atoms with Gasteiger partial charge in [0.1, 0.15) is 5.76 Å². The smallest absolute Gasteiger partial charge is 0.248 e. The first-order valence-electron chi connectivity index (χ1n) is 8.17. The number of hydrogen-bond acceptors (Lipinski definition) is 4. The lowest BCUT2D eigenvalue weighted by Crippen LogP contribution is -2.07. The number of aryl methyl sites for hydroxylation is 1. The van der Waals surface area contributed by atoms with Crippen molar-refractivity contribution in [3.05, 3.63) is 77.5 Å². The normalized spacial score (nSPS) is 11.0. The Balaban J connectivity index is 1.57. The zero-order valence-corrected chi connectivity index (χ0v) is 14.6. The standard InChI is InChI=1S/C20H19N3O3/c1-14-3-5-16(6-4-14)7-10-20(25)22-17-11-21-23(12-17)13-18-8-9-19(26-18)15(2)24/h3-12H,13H2,1-2H3,(H,22,25). The van der Waals surface area contributed by atoms with Crippen LogP contribution in [0.2, 0.25) is 0 Å². The van der Waals surface area contributed by atoms with E-state index in [1.807, 2.05) is 31.2 Å². The fraction of sp³-hybridized carbons (Fsp3) is 0.150. The largest absolute Gasteiger partial charge is 0.456 e. The molecule has 1 aromatic carbocycles. The molecule has 0 unspecified atom stereocenters. The third kappa shape index (κ3) is 4.57. The Bertz CT molecular complexity index is 949. The number of benzene rings is 1. The topological polar surface area (TPSA) is 77.1 Å². The van der Waals surface area contributed by atoms with Crippen molar-refractivity contribution in [1.82, 2.24) is 9.78 Å². The van der Waals surface area contributed by atoms with Crippen molar-refractivity contribution in [2.24, 2.45) is 0 Å². The van der Waals surface area contributed by atoms with Crippen LogP contribution in [0.15, 0.2) is 59.3 Å². The molecule has 0 aliphatic carbocycles. The van der Waals surface area contributed by atoms with E-state index in [0.29, 0.717) is 23.8 Å². The molecule has 26 heavy (non-hydrogen) atoms. The molecule has 3 aromatic rings. The summed E-state index contributed by atoms with van der Waals surface area (Å²) in [6.07, 6.45) is 6.50. The predicted octanol–water partition coefficient (Wildman–Crippen LogP) is 3.69. The first-order valence-corrected chi connectivity index (χ1v) is 8.17. The molecular weight excluding hydrogens is 330 g/mol. The average Bonchev–Trinajstić information content (AvgIpc) is 3.24. The van der Waals surface area contributed by atoms with E-state index in [4.69, 9.17) is 4.42 Å². The summed E-state index contributed by atoms with van der Waals surface area (Å²) >= 11 is 0. The molecule has 3 rings (SSSR count).